The number of carbonyl (C=O) groups is 2. The Labute approximate surface area is 107 Å². The van der Waals surface area contributed by atoms with E-state index in [1.165, 1.54) is 0 Å². The number of carbonyl (C=O) groups excluding carboxylic acids is 2. The Bertz CT molecular complexity index is 296. The van der Waals surface area contributed by atoms with Crippen molar-refractivity contribution < 1.29 is 19.1 Å². The van der Waals surface area contributed by atoms with Crippen LogP contribution >= 0.6 is 0 Å². The zero-order chi connectivity index (χ0) is 13.5. The molecule has 0 radical (unpaired) electrons. The van der Waals surface area contributed by atoms with Crippen molar-refractivity contribution >= 4 is 11.9 Å². The van der Waals surface area contributed by atoms with Crippen LogP contribution in [0.15, 0.2) is 0 Å². The average Bonchev–Trinajstić information content (AvgIpc) is 2.78. The van der Waals surface area contributed by atoms with Crippen molar-refractivity contribution in [1.82, 2.24) is 10.6 Å². The Hall–Kier alpha value is -1.14. The number of amides is 1. The van der Waals surface area contributed by atoms with Gasteiger partial charge >= 0.3 is 5.97 Å². The van der Waals surface area contributed by atoms with Crippen LogP contribution < -0.4 is 10.6 Å². The molecule has 104 valence electrons. The standard InChI is InChI=1S/C12H22N2O4/c1-4-13-10-7-17-6-9(10)11(15)14-8(3)12(16)18-5-2/h8-10,13H,4-7H2,1-3H3,(H,14,15). The van der Waals surface area contributed by atoms with Gasteiger partial charge in [0.25, 0.3) is 0 Å². The zero-order valence-electron chi connectivity index (χ0n) is 11.2. The molecule has 0 aromatic carbocycles. The minimum atomic E-state index is -0.625. The molecule has 1 amide bonds. The summed E-state index contributed by atoms with van der Waals surface area (Å²) in [6, 6.07) is -0.607. The van der Waals surface area contributed by atoms with Gasteiger partial charge in [0.05, 0.1) is 25.7 Å². The maximum absolute atomic E-state index is 12.0. The van der Waals surface area contributed by atoms with E-state index in [-0.39, 0.29) is 17.9 Å². The lowest BCUT2D eigenvalue weighted by Crippen LogP contribution is -2.48. The van der Waals surface area contributed by atoms with Gasteiger partial charge in [-0.05, 0) is 20.4 Å². The molecular weight excluding hydrogens is 236 g/mol. The third kappa shape index (κ3) is 3.96. The van der Waals surface area contributed by atoms with Gasteiger partial charge in [-0.2, -0.15) is 0 Å². The Kier molecular flexibility index (Phi) is 6.07. The molecule has 2 N–H and O–H groups in total. The molecule has 0 aromatic heterocycles. The predicted molar refractivity (Wildman–Crippen MR) is 66.0 cm³/mol. The largest absolute Gasteiger partial charge is 0.464 e. The highest BCUT2D eigenvalue weighted by Gasteiger charge is 2.34. The van der Waals surface area contributed by atoms with Crippen molar-refractivity contribution in [2.24, 2.45) is 5.92 Å². The van der Waals surface area contributed by atoms with E-state index in [1.807, 2.05) is 6.92 Å². The topological polar surface area (TPSA) is 76.7 Å². The fourth-order valence-corrected chi connectivity index (χ4v) is 1.92. The summed E-state index contributed by atoms with van der Waals surface area (Å²) in [4.78, 5) is 23.4. The Morgan fingerprint density at radius 3 is 2.72 bits per heavy atom. The number of hydrogen-bond donors (Lipinski definition) is 2. The second-order valence-electron chi connectivity index (χ2n) is 4.29. The van der Waals surface area contributed by atoms with Crippen LogP contribution in [0.3, 0.4) is 0 Å². The average molecular weight is 258 g/mol. The smallest absolute Gasteiger partial charge is 0.328 e. The van der Waals surface area contributed by atoms with Crippen LogP contribution in [0.25, 0.3) is 0 Å². The van der Waals surface area contributed by atoms with Gasteiger partial charge in [-0.25, -0.2) is 4.79 Å². The number of esters is 1. The molecule has 3 atom stereocenters. The lowest BCUT2D eigenvalue weighted by molar-refractivity contribution is -0.147. The van der Waals surface area contributed by atoms with Crippen molar-refractivity contribution in [2.45, 2.75) is 32.9 Å². The summed E-state index contributed by atoms with van der Waals surface area (Å²) in [6.45, 7) is 7.34. The van der Waals surface area contributed by atoms with E-state index >= 15 is 0 Å². The quantitative estimate of drug-likeness (QED) is 0.638. The summed E-state index contributed by atoms with van der Waals surface area (Å²) in [5, 5.41) is 5.86. The molecule has 1 aliphatic rings. The Balaban J connectivity index is 2.46. The van der Waals surface area contributed by atoms with Crippen LogP contribution in [-0.4, -0.2) is 50.3 Å². The van der Waals surface area contributed by atoms with Gasteiger partial charge in [-0.15, -0.1) is 0 Å². The first kappa shape index (κ1) is 14.9. The first-order valence-corrected chi connectivity index (χ1v) is 6.38. The number of rotatable bonds is 6. The summed E-state index contributed by atoms with van der Waals surface area (Å²) in [7, 11) is 0. The lowest BCUT2D eigenvalue weighted by atomic mass is 10.0. The molecule has 0 saturated carbocycles. The number of hydrogen-bond acceptors (Lipinski definition) is 5. The lowest BCUT2D eigenvalue weighted by Gasteiger charge is -2.20. The van der Waals surface area contributed by atoms with Crippen LogP contribution in [-0.2, 0) is 19.1 Å². The maximum Gasteiger partial charge on any atom is 0.328 e. The fraction of sp³-hybridized carbons (Fsp3) is 0.833. The van der Waals surface area contributed by atoms with Gasteiger partial charge in [-0.3, -0.25) is 4.79 Å². The molecule has 6 heteroatoms. The summed E-state index contributed by atoms with van der Waals surface area (Å²) in [5.41, 5.74) is 0. The molecule has 1 heterocycles. The van der Waals surface area contributed by atoms with E-state index in [4.69, 9.17) is 9.47 Å². The second kappa shape index (κ2) is 7.33. The van der Waals surface area contributed by atoms with Crippen molar-refractivity contribution in [3.8, 4) is 0 Å². The third-order valence-corrected chi connectivity index (χ3v) is 2.88. The SMILES string of the molecule is CCNC1COCC1C(=O)NC(C)C(=O)OCC. The van der Waals surface area contributed by atoms with Gasteiger partial charge in [0.15, 0.2) is 0 Å². The van der Waals surface area contributed by atoms with E-state index in [0.29, 0.717) is 19.8 Å². The second-order valence-corrected chi connectivity index (χ2v) is 4.29. The molecule has 0 aromatic rings. The van der Waals surface area contributed by atoms with Gasteiger partial charge in [0.2, 0.25) is 5.91 Å². The van der Waals surface area contributed by atoms with Crippen molar-refractivity contribution in [3.05, 3.63) is 0 Å². The minimum Gasteiger partial charge on any atom is -0.464 e. The molecule has 1 fully saturated rings. The predicted octanol–water partition coefficient (Wildman–Crippen LogP) is -0.321. The van der Waals surface area contributed by atoms with Crippen molar-refractivity contribution in [1.29, 1.82) is 0 Å². The summed E-state index contributed by atoms with van der Waals surface area (Å²) >= 11 is 0. The minimum absolute atomic E-state index is 0.0180. The molecule has 18 heavy (non-hydrogen) atoms. The van der Waals surface area contributed by atoms with Crippen LogP contribution in [0, 0.1) is 5.92 Å². The molecule has 0 bridgehead atoms. The summed E-state index contributed by atoms with van der Waals surface area (Å²) in [6.07, 6.45) is 0. The highest BCUT2D eigenvalue weighted by molar-refractivity contribution is 5.86. The molecule has 1 aliphatic heterocycles. The first-order chi connectivity index (χ1) is 8.60. The fourth-order valence-electron chi connectivity index (χ4n) is 1.92. The van der Waals surface area contributed by atoms with Crippen LogP contribution in [0.5, 0.6) is 0 Å². The van der Waals surface area contributed by atoms with Gasteiger partial charge in [-0.1, -0.05) is 6.92 Å². The highest BCUT2D eigenvalue weighted by atomic mass is 16.5. The highest BCUT2D eigenvalue weighted by Crippen LogP contribution is 2.14. The molecular formula is C12H22N2O4. The molecule has 1 saturated heterocycles. The Morgan fingerprint density at radius 2 is 2.11 bits per heavy atom. The van der Waals surface area contributed by atoms with E-state index < -0.39 is 12.0 Å². The summed E-state index contributed by atoms with van der Waals surface area (Å²) < 4.78 is 10.1. The molecule has 1 rings (SSSR count). The van der Waals surface area contributed by atoms with Crippen molar-refractivity contribution in [2.75, 3.05) is 26.4 Å². The van der Waals surface area contributed by atoms with Crippen molar-refractivity contribution in [3.63, 3.8) is 0 Å². The number of nitrogens with one attached hydrogen (secondary N) is 2. The maximum atomic E-state index is 12.0. The Morgan fingerprint density at radius 1 is 1.39 bits per heavy atom. The van der Waals surface area contributed by atoms with E-state index in [9.17, 15) is 9.59 Å². The molecule has 0 aliphatic carbocycles. The van der Waals surface area contributed by atoms with Gasteiger partial charge in [0, 0.05) is 6.04 Å². The van der Waals surface area contributed by atoms with E-state index in [0.717, 1.165) is 6.54 Å². The van der Waals surface area contributed by atoms with Crippen LogP contribution in [0.1, 0.15) is 20.8 Å². The molecule has 3 unspecified atom stereocenters. The number of ether oxygens (including phenoxy) is 2. The first-order valence-electron chi connectivity index (χ1n) is 6.38. The summed E-state index contributed by atoms with van der Waals surface area (Å²) in [5.74, 6) is -0.828. The zero-order valence-corrected chi connectivity index (χ0v) is 11.2. The van der Waals surface area contributed by atoms with Gasteiger partial charge < -0.3 is 20.1 Å². The monoisotopic (exact) mass is 258 g/mol. The number of likely N-dealkylation sites (N-methyl/N-ethyl adjacent to an activating group) is 1. The van der Waals surface area contributed by atoms with E-state index in [2.05, 4.69) is 10.6 Å². The third-order valence-electron chi connectivity index (χ3n) is 2.88. The van der Waals surface area contributed by atoms with E-state index in [1.54, 1.807) is 13.8 Å². The van der Waals surface area contributed by atoms with Crippen LogP contribution in [0.4, 0.5) is 0 Å². The molecule has 6 nitrogen and oxygen atoms in total. The normalized spacial score (nSPS) is 24.6. The van der Waals surface area contributed by atoms with Gasteiger partial charge in [0.1, 0.15) is 6.04 Å². The van der Waals surface area contributed by atoms with Crippen LogP contribution in [0.2, 0.25) is 0 Å². The molecule has 0 spiro atoms.